The molecule has 1 fully saturated rings. The molecule has 1 aromatic rings. The van der Waals surface area contributed by atoms with E-state index in [1.807, 2.05) is 0 Å². The zero-order valence-corrected chi connectivity index (χ0v) is 10.8. The van der Waals surface area contributed by atoms with Gasteiger partial charge in [0, 0.05) is 18.6 Å². The molecule has 2 atom stereocenters. The highest BCUT2D eigenvalue weighted by molar-refractivity contribution is 5.14. The van der Waals surface area contributed by atoms with E-state index in [4.69, 9.17) is 5.73 Å². The summed E-state index contributed by atoms with van der Waals surface area (Å²) in [5.74, 6) is 0. The number of rotatable bonds is 4. The second-order valence-electron chi connectivity index (χ2n) is 5.13. The first kappa shape index (κ1) is 12.6. The lowest BCUT2D eigenvalue weighted by Gasteiger charge is -2.36. The van der Waals surface area contributed by atoms with Crippen molar-refractivity contribution in [3.8, 4) is 0 Å². The van der Waals surface area contributed by atoms with Gasteiger partial charge in [-0.1, -0.05) is 43.7 Å². The van der Waals surface area contributed by atoms with Crippen LogP contribution in [-0.2, 0) is 6.54 Å². The van der Waals surface area contributed by atoms with Crippen LogP contribution in [0, 0.1) is 0 Å². The highest BCUT2D eigenvalue weighted by atomic mass is 15.1. The van der Waals surface area contributed by atoms with Crippen molar-refractivity contribution >= 4 is 0 Å². The van der Waals surface area contributed by atoms with Gasteiger partial charge in [-0.2, -0.15) is 0 Å². The van der Waals surface area contributed by atoms with Crippen LogP contribution in [0.15, 0.2) is 30.3 Å². The van der Waals surface area contributed by atoms with E-state index in [0.717, 1.165) is 13.1 Å². The lowest BCUT2D eigenvalue weighted by Crippen LogP contribution is -2.42. The SMILES string of the molecule is CCN(Cc1ccccc1)C1CCCC(N)C1. The average molecular weight is 232 g/mol. The van der Waals surface area contributed by atoms with E-state index in [1.165, 1.54) is 31.2 Å². The highest BCUT2D eigenvalue weighted by Gasteiger charge is 2.23. The van der Waals surface area contributed by atoms with E-state index < -0.39 is 0 Å². The number of benzene rings is 1. The van der Waals surface area contributed by atoms with Crippen molar-refractivity contribution in [1.82, 2.24) is 4.90 Å². The maximum atomic E-state index is 6.08. The van der Waals surface area contributed by atoms with Crippen molar-refractivity contribution in [2.75, 3.05) is 6.54 Å². The Kier molecular flexibility index (Phi) is 4.57. The molecule has 17 heavy (non-hydrogen) atoms. The van der Waals surface area contributed by atoms with Crippen molar-refractivity contribution < 1.29 is 0 Å². The molecule has 0 spiro atoms. The molecule has 0 amide bonds. The molecule has 0 heterocycles. The van der Waals surface area contributed by atoms with Gasteiger partial charge in [-0.05, 0) is 31.4 Å². The van der Waals surface area contributed by atoms with Crippen LogP contribution in [0.5, 0.6) is 0 Å². The van der Waals surface area contributed by atoms with Crippen LogP contribution in [0.2, 0.25) is 0 Å². The average Bonchev–Trinajstić information content (AvgIpc) is 2.37. The molecule has 2 nitrogen and oxygen atoms in total. The van der Waals surface area contributed by atoms with E-state index in [1.54, 1.807) is 0 Å². The summed E-state index contributed by atoms with van der Waals surface area (Å²) in [7, 11) is 0. The Morgan fingerprint density at radius 3 is 2.65 bits per heavy atom. The monoisotopic (exact) mass is 232 g/mol. The predicted molar refractivity (Wildman–Crippen MR) is 72.8 cm³/mol. The Hall–Kier alpha value is -0.860. The third-order valence-electron chi connectivity index (χ3n) is 3.84. The van der Waals surface area contributed by atoms with Gasteiger partial charge in [0.05, 0.1) is 0 Å². The van der Waals surface area contributed by atoms with E-state index in [0.29, 0.717) is 12.1 Å². The lowest BCUT2D eigenvalue weighted by molar-refractivity contribution is 0.147. The molecule has 1 saturated carbocycles. The van der Waals surface area contributed by atoms with Crippen LogP contribution in [0.1, 0.15) is 38.2 Å². The van der Waals surface area contributed by atoms with Crippen molar-refractivity contribution in [2.24, 2.45) is 5.73 Å². The van der Waals surface area contributed by atoms with Crippen molar-refractivity contribution in [1.29, 1.82) is 0 Å². The Balaban J connectivity index is 1.96. The first-order chi connectivity index (χ1) is 8.29. The largest absolute Gasteiger partial charge is 0.328 e. The Labute approximate surface area is 105 Å². The molecule has 0 bridgehead atoms. The minimum Gasteiger partial charge on any atom is -0.328 e. The van der Waals surface area contributed by atoms with Gasteiger partial charge in [-0.3, -0.25) is 4.90 Å². The molecule has 2 unspecified atom stereocenters. The van der Waals surface area contributed by atoms with Gasteiger partial charge in [0.15, 0.2) is 0 Å². The van der Waals surface area contributed by atoms with Crippen molar-refractivity contribution in [3.63, 3.8) is 0 Å². The minimum absolute atomic E-state index is 0.415. The topological polar surface area (TPSA) is 29.3 Å². The molecule has 94 valence electrons. The van der Waals surface area contributed by atoms with Crippen molar-refractivity contribution in [2.45, 2.75) is 51.2 Å². The third-order valence-corrected chi connectivity index (χ3v) is 3.84. The van der Waals surface area contributed by atoms with Gasteiger partial charge in [-0.25, -0.2) is 0 Å². The highest BCUT2D eigenvalue weighted by Crippen LogP contribution is 2.23. The van der Waals surface area contributed by atoms with Gasteiger partial charge in [-0.15, -0.1) is 0 Å². The fourth-order valence-electron chi connectivity index (χ4n) is 2.85. The van der Waals surface area contributed by atoms with Gasteiger partial charge in [0.1, 0.15) is 0 Å². The van der Waals surface area contributed by atoms with Crippen LogP contribution >= 0.6 is 0 Å². The van der Waals surface area contributed by atoms with Crippen LogP contribution in [0.3, 0.4) is 0 Å². The smallest absolute Gasteiger partial charge is 0.0236 e. The Bertz CT molecular complexity index is 323. The van der Waals surface area contributed by atoms with Crippen LogP contribution < -0.4 is 5.73 Å². The molecule has 0 saturated heterocycles. The van der Waals surface area contributed by atoms with E-state index >= 15 is 0 Å². The summed E-state index contributed by atoms with van der Waals surface area (Å²) >= 11 is 0. The molecule has 1 aliphatic carbocycles. The molecular weight excluding hydrogens is 208 g/mol. The number of hydrogen-bond acceptors (Lipinski definition) is 2. The number of nitrogens with zero attached hydrogens (tertiary/aromatic N) is 1. The first-order valence-electron chi connectivity index (χ1n) is 6.83. The summed E-state index contributed by atoms with van der Waals surface area (Å²) in [6.07, 6.45) is 4.98. The first-order valence-corrected chi connectivity index (χ1v) is 6.83. The van der Waals surface area contributed by atoms with E-state index in [2.05, 4.69) is 42.2 Å². The maximum Gasteiger partial charge on any atom is 0.0236 e. The quantitative estimate of drug-likeness (QED) is 0.865. The van der Waals surface area contributed by atoms with Crippen LogP contribution in [-0.4, -0.2) is 23.5 Å². The molecular formula is C15H24N2. The summed E-state index contributed by atoms with van der Waals surface area (Å²) in [4.78, 5) is 2.58. The molecule has 2 N–H and O–H groups in total. The maximum absolute atomic E-state index is 6.08. The minimum atomic E-state index is 0.415. The molecule has 0 aliphatic heterocycles. The molecule has 0 radical (unpaired) electrons. The summed E-state index contributed by atoms with van der Waals surface area (Å²) in [6.45, 7) is 4.43. The van der Waals surface area contributed by atoms with E-state index in [-0.39, 0.29) is 0 Å². The predicted octanol–water partition coefficient (Wildman–Crippen LogP) is 2.78. The number of nitrogens with two attached hydrogens (primary N) is 1. The van der Waals surface area contributed by atoms with Gasteiger partial charge >= 0.3 is 0 Å². The summed E-state index contributed by atoms with van der Waals surface area (Å²) in [5, 5.41) is 0. The standard InChI is InChI=1S/C15H24N2/c1-2-17(12-13-7-4-3-5-8-13)15-10-6-9-14(16)11-15/h3-5,7-8,14-15H,2,6,9-12,16H2,1H3. The Morgan fingerprint density at radius 1 is 1.24 bits per heavy atom. The van der Waals surface area contributed by atoms with Gasteiger partial charge < -0.3 is 5.73 Å². The summed E-state index contributed by atoms with van der Waals surface area (Å²) in [5.41, 5.74) is 7.49. The molecule has 1 aromatic carbocycles. The van der Waals surface area contributed by atoms with Crippen LogP contribution in [0.25, 0.3) is 0 Å². The molecule has 1 aliphatic rings. The van der Waals surface area contributed by atoms with Gasteiger partial charge in [0.2, 0.25) is 0 Å². The third kappa shape index (κ3) is 3.55. The fraction of sp³-hybridized carbons (Fsp3) is 0.600. The second-order valence-corrected chi connectivity index (χ2v) is 5.13. The number of hydrogen-bond donors (Lipinski definition) is 1. The zero-order chi connectivity index (χ0) is 12.1. The lowest BCUT2D eigenvalue weighted by atomic mass is 9.90. The normalized spacial score (nSPS) is 25.1. The van der Waals surface area contributed by atoms with Gasteiger partial charge in [0.25, 0.3) is 0 Å². The molecule has 2 rings (SSSR count). The van der Waals surface area contributed by atoms with E-state index in [9.17, 15) is 0 Å². The zero-order valence-electron chi connectivity index (χ0n) is 10.8. The van der Waals surface area contributed by atoms with Crippen LogP contribution in [0.4, 0.5) is 0 Å². The molecule has 0 aromatic heterocycles. The van der Waals surface area contributed by atoms with Crippen molar-refractivity contribution in [3.05, 3.63) is 35.9 Å². The fourth-order valence-corrected chi connectivity index (χ4v) is 2.85. The molecule has 2 heteroatoms. The summed E-state index contributed by atoms with van der Waals surface area (Å²) < 4.78 is 0. The summed E-state index contributed by atoms with van der Waals surface area (Å²) in [6, 6.07) is 11.8. The second kappa shape index (κ2) is 6.18. The Morgan fingerprint density at radius 2 is 2.00 bits per heavy atom.